The summed E-state index contributed by atoms with van der Waals surface area (Å²) in [5.74, 6) is 0.218. The molecule has 1 heterocycles. The van der Waals surface area contributed by atoms with Gasteiger partial charge in [0.2, 0.25) is 5.91 Å². The fraction of sp³-hybridized carbons (Fsp3) is 0.909. The van der Waals surface area contributed by atoms with Crippen molar-refractivity contribution in [2.75, 3.05) is 20.1 Å². The molecule has 1 aliphatic carbocycles. The maximum Gasteiger partial charge on any atom is 0.237 e. The first-order chi connectivity index (χ1) is 7.22. The number of nitrogens with one attached hydrogen (secondary N) is 2. The highest BCUT2D eigenvalue weighted by molar-refractivity contribution is 5.83. The Morgan fingerprint density at radius 1 is 1.53 bits per heavy atom. The lowest BCUT2D eigenvalue weighted by atomic mass is 10.1. The molecule has 1 aliphatic heterocycles. The van der Waals surface area contributed by atoms with Gasteiger partial charge in [-0.15, -0.1) is 0 Å². The number of carbonyl (C=O) groups is 1. The second-order valence-corrected chi connectivity index (χ2v) is 4.75. The topological polar surface area (TPSA) is 44.4 Å². The Kier molecular flexibility index (Phi) is 3.26. The van der Waals surface area contributed by atoms with Gasteiger partial charge in [-0.3, -0.25) is 9.69 Å². The molecule has 1 amide bonds. The number of piperazine rings is 1. The lowest BCUT2D eigenvalue weighted by Gasteiger charge is -2.38. The highest BCUT2D eigenvalue weighted by atomic mass is 16.2. The minimum Gasteiger partial charge on any atom is -0.351 e. The van der Waals surface area contributed by atoms with Crippen LogP contribution in [-0.4, -0.2) is 49.1 Å². The van der Waals surface area contributed by atoms with Crippen molar-refractivity contribution in [2.45, 2.75) is 44.3 Å². The van der Waals surface area contributed by atoms with E-state index in [0.29, 0.717) is 12.1 Å². The molecule has 4 heteroatoms. The molecule has 2 unspecified atom stereocenters. The summed E-state index contributed by atoms with van der Waals surface area (Å²) in [5.41, 5.74) is 0. The zero-order valence-corrected chi connectivity index (χ0v) is 9.62. The zero-order chi connectivity index (χ0) is 10.8. The molecule has 2 N–H and O–H groups in total. The quantitative estimate of drug-likeness (QED) is 0.685. The summed E-state index contributed by atoms with van der Waals surface area (Å²) >= 11 is 0. The SMILES string of the molecule is CNCCC1C(=O)NC(C)CN1C1CC1. The number of hydrogen-bond acceptors (Lipinski definition) is 3. The Bertz CT molecular complexity index is 240. The molecular formula is C11H21N3O. The van der Waals surface area contributed by atoms with E-state index in [0.717, 1.165) is 19.5 Å². The second kappa shape index (κ2) is 4.49. The molecule has 2 atom stereocenters. The van der Waals surface area contributed by atoms with Gasteiger partial charge in [0.05, 0.1) is 6.04 Å². The predicted molar refractivity (Wildman–Crippen MR) is 59.7 cm³/mol. The van der Waals surface area contributed by atoms with Crippen LogP contribution in [-0.2, 0) is 4.79 Å². The number of amides is 1. The molecule has 0 spiro atoms. The van der Waals surface area contributed by atoms with Crippen molar-refractivity contribution in [1.82, 2.24) is 15.5 Å². The molecule has 0 bridgehead atoms. The van der Waals surface area contributed by atoms with Crippen molar-refractivity contribution in [2.24, 2.45) is 0 Å². The maximum absolute atomic E-state index is 11.9. The Labute approximate surface area is 91.4 Å². The van der Waals surface area contributed by atoms with Crippen LogP contribution in [0.4, 0.5) is 0 Å². The summed E-state index contributed by atoms with van der Waals surface area (Å²) in [4.78, 5) is 14.3. The Morgan fingerprint density at radius 3 is 2.87 bits per heavy atom. The Hall–Kier alpha value is -0.610. The van der Waals surface area contributed by atoms with Gasteiger partial charge in [0, 0.05) is 18.6 Å². The number of nitrogens with zero attached hydrogens (tertiary/aromatic N) is 1. The van der Waals surface area contributed by atoms with Gasteiger partial charge in [-0.25, -0.2) is 0 Å². The lowest BCUT2D eigenvalue weighted by molar-refractivity contribution is -0.131. The Balaban J connectivity index is 1.98. The Morgan fingerprint density at radius 2 is 2.27 bits per heavy atom. The van der Waals surface area contributed by atoms with Crippen molar-refractivity contribution in [1.29, 1.82) is 0 Å². The average molecular weight is 211 g/mol. The molecule has 86 valence electrons. The van der Waals surface area contributed by atoms with E-state index < -0.39 is 0 Å². The fourth-order valence-electron chi connectivity index (χ4n) is 2.37. The van der Waals surface area contributed by atoms with Crippen LogP contribution in [0.5, 0.6) is 0 Å². The van der Waals surface area contributed by atoms with E-state index in [1.54, 1.807) is 0 Å². The molecule has 0 aromatic carbocycles. The smallest absolute Gasteiger partial charge is 0.237 e. The maximum atomic E-state index is 11.9. The third kappa shape index (κ3) is 2.49. The van der Waals surface area contributed by atoms with Crippen LogP contribution >= 0.6 is 0 Å². The molecule has 2 rings (SSSR count). The molecule has 1 saturated heterocycles. The molecule has 15 heavy (non-hydrogen) atoms. The highest BCUT2D eigenvalue weighted by Gasteiger charge is 2.40. The van der Waals surface area contributed by atoms with Gasteiger partial charge < -0.3 is 10.6 Å². The van der Waals surface area contributed by atoms with E-state index >= 15 is 0 Å². The van der Waals surface area contributed by atoms with Crippen LogP contribution in [0.15, 0.2) is 0 Å². The largest absolute Gasteiger partial charge is 0.351 e. The van der Waals surface area contributed by atoms with E-state index in [-0.39, 0.29) is 11.9 Å². The van der Waals surface area contributed by atoms with Gasteiger partial charge in [0.1, 0.15) is 0 Å². The summed E-state index contributed by atoms with van der Waals surface area (Å²) in [6, 6.07) is 1.09. The third-order valence-corrected chi connectivity index (χ3v) is 3.26. The molecule has 0 aromatic heterocycles. The van der Waals surface area contributed by atoms with Crippen molar-refractivity contribution in [3.05, 3.63) is 0 Å². The molecule has 2 aliphatic rings. The standard InChI is InChI=1S/C11H21N3O/c1-8-7-14(9-3-4-9)10(5-6-12-2)11(15)13-8/h8-10,12H,3-7H2,1-2H3,(H,13,15). The molecule has 4 nitrogen and oxygen atoms in total. The van der Waals surface area contributed by atoms with Crippen LogP contribution < -0.4 is 10.6 Å². The van der Waals surface area contributed by atoms with Crippen LogP contribution in [0.25, 0.3) is 0 Å². The summed E-state index contributed by atoms with van der Waals surface area (Å²) in [6.07, 6.45) is 3.47. The van der Waals surface area contributed by atoms with Crippen LogP contribution in [0.3, 0.4) is 0 Å². The van der Waals surface area contributed by atoms with Gasteiger partial charge in [-0.1, -0.05) is 0 Å². The van der Waals surface area contributed by atoms with Crippen LogP contribution in [0, 0.1) is 0 Å². The summed E-state index contributed by atoms with van der Waals surface area (Å²) in [5, 5.41) is 6.16. The number of hydrogen-bond donors (Lipinski definition) is 2. The van der Waals surface area contributed by atoms with Gasteiger partial charge in [-0.2, -0.15) is 0 Å². The van der Waals surface area contributed by atoms with Crippen LogP contribution in [0.2, 0.25) is 0 Å². The number of carbonyl (C=O) groups excluding carboxylic acids is 1. The van der Waals surface area contributed by atoms with Crippen molar-refractivity contribution >= 4 is 5.91 Å². The van der Waals surface area contributed by atoms with Gasteiger partial charge in [-0.05, 0) is 39.8 Å². The summed E-state index contributed by atoms with van der Waals surface area (Å²) in [6.45, 7) is 4.02. The molecule has 2 fully saturated rings. The molecular weight excluding hydrogens is 190 g/mol. The van der Waals surface area contributed by atoms with E-state index in [2.05, 4.69) is 22.5 Å². The molecule has 1 saturated carbocycles. The first kappa shape index (κ1) is 10.9. The first-order valence-corrected chi connectivity index (χ1v) is 5.93. The van der Waals surface area contributed by atoms with Gasteiger partial charge >= 0.3 is 0 Å². The van der Waals surface area contributed by atoms with Gasteiger partial charge in [0.25, 0.3) is 0 Å². The lowest BCUT2D eigenvalue weighted by Crippen LogP contribution is -2.60. The first-order valence-electron chi connectivity index (χ1n) is 5.93. The third-order valence-electron chi connectivity index (χ3n) is 3.26. The van der Waals surface area contributed by atoms with E-state index in [1.807, 2.05) is 7.05 Å². The zero-order valence-electron chi connectivity index (χ0n) is 9.62. The van der Waals surface area contributed by atoms with E-state index in [4.69, 9.17) is 0 Å². The molecule has 0 aromatic rings. The monoisotopic (exact) mass is 211 g/mol. The van der Waals surface area contributed by atoms with Crippen molar-refractivity contribution in [3.8, 4) is 0 Å². The predicted octanol–water partition coefficient (Wildman–Crippen LogP) is -0.0528. The minimum atomic E-state index is 0.0983. The average Bonchev–Trinajstić information content (AvgIpc) is 2.98. The van der Waals surface area contributed by atoms with Gasteiger partial charge in [0.15, 0.2) is 0 Å². The minimum absolute atomic E-state index is 0.0983. The second-order valence-electron chi connectivity index (χ2n) is 4.75. The highest BCUT2D eigenvalue weighted by Crippen LogP contribution is 2.30. The van der Waals surface area contributed by atoms with Crippen molar-refractivity contribution < 1.29 is 4.79 Å². The van der Waals surface area contributed by atoms with E-state index in [9.17, 15) is 4.79 Å². The summed E-state index contributed by atoms with van der Waals surface area (Å²) < 4.78 is 0. The number of rotatable bonds is 4. The van der Waals surface area contributed by atoms with Crippen LogP contribution in [0.1, 0.15) is 26.2 Å². The van der Waals surface area contributed by atoms with E-state index in [1.165, 1.54) is 12.8 Å². The molecule has 0 radical (unpaired) electrons. The summed E-state index contributed by atoms with van der Waals surface area (Å²) in [7, 11) is 1.94. The fourth-order valence-corrected chi connectivity index (χ4v) is 2.37. The van der Waals surface area contributed by atoms with Crippen molar-refractivity contribution in [3.63, 3.8) is 0 Å². The normalized spacial score (nSPS) is 32.8.